The van der Waals surface area contributed by atoms with Crippen LogP contribution in [0.3, 0.4) is 0 Å². The largest absolute Gasteiger partial charge is 0.508 e. The van der Waals surface area contributed by atoms with E-state index in [1.54, 1.807) is 20.8 Å². The van der Waals surface area contributed by atoms with Gasteiger partial charge in [-0.2, -0.15) is 0 Å². The lowest BCUT2D eigenvalue weighted by Crippen LogP contribution is -2.42. The van der Waals surface area contributed by atoms with Crippen molar-refractivity contribution in [3.8, 4) is 5.75 Å². The predicted octanol–water partition coefficient (Wildman–Crippen LogP) is 2.51. The number of hydrogen-bond donors (Lipinski definition) is 2. The zero-order valence-corrected chi connectivity index (χ0v) is 12.6. The molecule has 0 saturated heterocycles. The Kier molecular flexibility index (Phi) is 5.00. The van der Waals surface area contributed by atoms with Crippen LogP contribution >= 0.6 is 11.6 Å². The Hall–Kier alpha value is -1.75. The quantitative estimate of drug-likeness (QED) is 0.841. The molecule has 1 atom stereocenters. The normalized spacial score (nSPS) is 12.7. The molecule has 0 heterocycles. The first-order valence-electron chi connectivity index (χ1n) is 6.12. The fourth-order valence-electron chi connectivity index (χ4n) is 1.41. The van der Waals surface area contributed by atoms with Crippen molar-refractivity contribution >= 4 is 23.5 Å². The standard InChI is InChI=1S/C14H18ClNO4/c1-8(13(19)20-14(2,3)4)16-12(18)10-7-9(17)5-6-11(10)15/h5-8,17H,1-4H3,(H,16,18)/t8-/m1/s1. The average Bonchev–Trinajstić information content (AvgIpc) is 2.29. The maximum atomic E-state index is 12.0. The first-order valence-corrected chi connectivity index (χ1v) is 6.50. The van der Waals surface area contributed by atoms with Crippen LogP contribution in [0.25, 0.3) is 0 Å². The number of aromatic hydroxyl groups is 1. The highest BCUT2D eigenvalue weighted by molar-refractivity contribution is 6.33. The van der Waals surface area contributed by atoms with Crippen molar-refractivity contribution in [1.82, 2.24) is 5.32 Å². The van der Waals surface area contributed by atoms with Gasteiger partial charge in [0.25, 0.3) is 5.91 Å². The van der Waals surface area contributed by atoms with Gasteiger partial charge < -0.3 is 15.2 Å². The molecule has 0 fully saturated rings. The number of phenols is 1. The number of amides is 1. The van der Waals surface area contributed by atoms with Crippen molar-refractivity contribution < 1.29 is 19.4 Å². The monoisotopic (exact) mass is 299 g/mol. The Morgan fingerprint density at radius 1 is 1.35 bits per heavy atom. The third kappa shape index (κ3) is 4.74. The van der Waals surface area contributed by atoms with Crippen LogP contribution in [0.2, 0.25) is 5.02 Å². The van der Waals surface area contributed by atoms with E-state index in [0.717, 1.165) is 0 Å². The highest BCUT2D eigenvalue weighted by Gasteiger charge is 2.24. The number of carbonyl (C=O) groups excluding carboxylic acids is 2. The van der Waals surface area contributed by atoms with Crippen LogP contribution in [0.1, 0.15) is 38.1 Å². The van der Waals surface area contributed by atoms with Crippen molar-refractivity contribution in [2.24, 2.45) is 0 Å². The summed E-state index contributed by atoms with van der Waals surface area (Å²) in [6.45, 7) is 6.74. The lowest BCUT2D eigenvalue weighted by atomic mass is 10.1. The fraction of sp³-hybridized carbons (Fsp3) is 0.429. The third-order valence-electron chi connectivity index (χ3n) is 2.30. The minimum absolute atomic E-state index is 0.0792. The number of halogens is 1. The molecular weight excluding hydrogens is 282 g/mol. The Balaban J connectivity index is 2.75. The summed E-state index contributed by atoms with van der Waals surface area (Å²) in [5.74, 6) is -1.17. The molecule has 0 aliphatic heterocycles. The zero-order valence-electron chi connectivity index (χ0n) is 11.9. The van der Waals surface area contributed by atoms with Gasteiger partial charge in [-0.1, -0.05) is 11.6 Å². The van der Waals surface area contributed by atoms with Crippen molar-refractivity contribution in [2.45, 2.75) is 39.3 Å². The van der Waals surface area contributed by atoms with Gasteiger partial charge in [0, 0.05) is 0 Å². The van der Waals surface area contributed by atoms with E-state index in [0.29, 0.717) is 0 Å². The summed E-state index contributed by atoms with van der Waals surface area (Å²) < 4.78 is 5.15. The zero-order chi connectivity index (χ0) is 15.5. The van der Waals surface area contributed by atoms with Crippen LogP contribution in [0, 0.1) is 0 Å². The molecule has 0 aliphatic rings. The van der Waals surface area contributed by atoms with E-state index in [-0.39, 0.29) is 16.3 Å². The first kappa shape index (κ1) is 16.3. The van der Waals surface area contributed by atoms with Crippen molar-refractivity contribution in [1.29, 1.82) is 0 Å². The van der Waals surface area contributed by atoms with Gasteiger partial charge in [-0.3, -0.25) is 4.79 Å². The number of carbonyl (C=O) groups is 2. The number of rotatable bonds is 3. The van der Waals surface area contributed by atoms with E-state index in [2.05, 4.69) is 5.32 Å². The van der Waals surface area contributed by atoms with Crippen LogP contribution in [0.5, 0.6) is 5.75 Å². The summed E-state index contributed by atoms with van der Waals surface area (Å²) in [4.78, 5) is 23.7. The Bertz CT molecular complexity index is 522. The second-order valence-electron chi connectivity index (χ2n) is 5.39. The molecule has 0 bridgehead atoms. The van der Waals surface area contributed by atoms with E-state index < -0.39 is 23.5 Å². The van der Waals surface area contributed by atoms with Crippen LogP contribution in [-0.2, 0) is 9.53 Å². The van der Waals surface area contributed by atoms with Crippen molar-refractivity contribution in [3.63, 3.8) is 0 Å². The van der Waals surface area contributed by atoms with Gasteiger partial charge in [-0.25, -0.2) is 4.79 Å². The van der Waals surface area contributed by atoms with E-state index >= 15 is 0 Å². The minimum atomic E-state index is -0.819. The lowest BCUT2D eigenvalue weighted by molar-refractivity contribution is -0.156. The molecule has 0 unspecified atom stereocenters. The molecule has 1 aromatic rings. The lowest BCUT2D eigenvalue weighted by Gasteiger charge is -2.22. The smallest absolute Gasteiger partial charge is 0.328 e. The van der Waals surface area contributed by atoms with Crippen LogP contribution in [0.15, 0.2) is 18.2 Å². The number of phenolic OH excluding ortho intramolecular Hbond substituents is 1. The average molecular weight is 300 g/mol. The first-order chi connectivity index (χ1) is 9.10. The van der Waals surface area contributed by atoms with E-state index in [1.165, 1.54) is 25.1 Å². The topological polar surface area (TPSA) is 75.6 Å². The molecule has 5 nitrogen and oxygen atoms in total. The van der Waals surface area contributed by atoms with Gasteiger partial charge in [0.05, 0.1) is 10.6 Å². The van der Waals surface area contributed by atoms with Gasteiger partial charge in [0.2, 0.25) is 0 Å². The van der Waals surface area contributed by atoms with Gasteiger partial charge in [-0.05, 0) is 45.9 Å². The molecular formula is C14H18ClNO4. The molecule has 110 valence electrons. The van der Waals surface area contributed by atoms with E-state index in [4.69, 9.17) is 16.3 Å². The molecule has 0 spiro atoms. The molecule has 1 amide bonds. The predicted molar refractivity (Wildman–Crippen MR) is 75.9 cm³/mol. The van der Waals surface area contributed by atoms with Crippen molar-refractivity contribution in [2.75, 3.05) is 0 Å². The minimum Gasteiger partial charge on any atom is -0.508 e. The van der Waals surface area contributed by atoms with Gasteiger partial charge >= 0.3 is 5.97 Å². The second-order valence-corrected chi connectivity index (χ2v) is 5.80. The third-order valence-corrected chi connectivity index (χ3v) is 2.63. The molecule has 0 aliphatic carbocycles. The fourth-order valence-corrected chi connectivity index (χ4v) is 1.61. The summed E-state index contributed by atoms with van der Waals surface area (Å²) in [6.07, 6.45) is 0. The molecule has 0 radical (unpaired) electrons. The highest BCUT2D eigenvalue weighted by Crippen LogP contribution is 2.21. The Morgan fingerprint density at radius 3 is 2.50 bits per heavy atom. The van der Waals surface area contributed by atoms with Gasteiger partial charge in [0.15, 0.2) is 0 Å². The van der Waals surface area contributed by atoms with E-state index in [1.807, 2.05) is 0 Å². The number of hydrogen-bond acceptors (Lipinski definition) is 4. The summed E-state index contributed by atoms with van der Waals surface area (Å²) >= 11 is 5.87. The van der Waals surface area contributed by atoms with Crippen LogP contribution < -0.4 is 5.32 Å². The Morgan fingerprint density at radius 2 is 1.95 bits per heavy atom. The number of benzene rings is 1. The number of ether oxygens (including phenoxy) is 1. The second kappa shape index (κ2) is 6.13. The van der Waals surface area contributed by atoms with Crippen LogP contribution in [-0.4, -0.2) is 28.6 Å². The van der Waals surface area contributed by atoms with Crippen molar-refractivity contribution in [3.05, 3.63) is 28.8 Å². The maximum Gasteiger partial charge on any atom is 0.328 e. The van der Waals surface area contributed by atoms with Gasteiger partial charge in [-0.15, -0.1) is 0 Å². The van der Waals surface area contributed by atoms with Gasteiger partial charge in [0.1, 0.15) is 17.4 Å². The highest BCUT2D eigenvalue weighted by atomic mass is 35.5. The summed E-state index contributed by atoms with van der Waals surface area (Å²) in [6, 6.07) is 3.19. The molecule has 6 heteroatoms. The molecule has 0 aromatic heterocycles. The molecule has 20 heavy (non-hydrogen) atoms. The maximum absolute atomic E-state index is 12.0. The Labute approximate surface area is 122 Å². The summed E-state index contributed by atoms with van der Waals surface area (Å²) in [7, 11) is 0. The van der Waals surface area contributed by atoms with E-state index in [9.17, 15) is 14.7 Å². The molecule has 0 saturated carbocycles. The number of nitrogens with one attached hydrogen (secondary N) is 1. The summed E-state index contributed by atoms with van der Waals surface area (Å²) in [5.41, 5.74) is -0.527. The SMILES string of the molecule is C[C@@H](NC(=O)c1cc(O)ccc1Cl)C(=O)OC(C)(C)C. The molecule has 1 rings (SSSR count). The number of esters is 1. The molecule has 2 N–H and O–H groups in total. The molecule has 1 aromatic carbocycles. The van der Waals surface area contributed by atoms with Crippen LogP contribution in [0.4, 0.5) is 0 Å². The summed E-state index contributed by atoms with van der Waals surface area (Å²) in [5, 5.41) is 12.0.